The standard InChI is InChI=1S/C24H26N4O6S/c1-4-16-12-18(8-9-28(16)23(30)31)34-21-14(2)20(25-13-26-21)33-17-7-5-6-15(10-17)11-19-22(29)27(3)24(32)35-19/h5-7,10-11,13,16,18H,4,8-9,12H2,1-3H3,(H,30,31). The molecule has 0 bridgehead atoms. The van der Waals surface area contributed by atoms with Gasteiger partial charge in [-0.2, -0.15) is 0 Å². The van der Waals surface area contributed by atoms with Gasteiger partial charge in [0.05, 0.1) is 10.5 Å². The van der Waals surface area contributed by atoms with Crippen LogP contribution in [0.3, 0.4) is 0 Å². The first-order valence-electron chi connectivity index (χ1n) is 11.2. The summed E-state index contributed by atoms with van der Waals surface area (Å²) in [6, 6.07) is 7.01. The van der Waals surface area contributed by atoms with E-state index < -0.39 is 6.09 Å². The summed E-state index contributed by atoms with van der Waals surface area (Å²) >= 11 is 0.896. The van der Waals surface area contributed by atoms with E-state index in [-0.39, 0.29) is 23.3 Å². The molecule has 35 heavy (non-hydrogen) atoms. The number of benzene rings is 1. The smallest absolute Gasteiger partial charge is 0.407 e. The molecule has 0 spiro atoms. The molecule has 2 aromatic rings. The van der Waals surface area contributed by atoms with Gasteiger partial charge >= 0.3 is 6.09 Å². The lowest BCUT2D eigenvalue weighted by Gasteiger charge is -2.37. The van der Waals surface area contributed by atoms with E-state index in [2.05, 4.69) is 9.97 Å². The molecule has 0 saturated carbocycles. The Kier molecular flexibility index (Phi) is 7.25. The molecule has 2 fully saturated rings. The minimum Gasteiger partial charge on any atom is -0.474 e. The third-order valence-corrected chi connectivity index (χ3v) is 6.97. The van der Waals surface area contributed by atoms with Crippen LogP contribution in [0.15, 0.2) is 35.5 Å². The molecule has 3 heterocycles. The van der Waals surface area contributed by atoms with Crippen LogP contribution in [0.25, 0.3) is 6.08 Å². The van der Waals surface area contributed by atoms with Gasteiger partial charge in [0.25, 0.3) is 11.1 Å². The SMILES string of the molecule is CCC1CC(Oc2ncnc(Oc3cccc(C=C4SC(=O)N(C)C4=O)c3)c2C)CCN1C(=O)O. The molecule has 3 amide bonds. The topological polar surface area (TPSA) is 122 Å². The lowest BCUT2D eigenvalue weighted by molar-refractivity contribution is -0.121. The minimum absolute atomic E-state index is 0.0963. The lowest BCUT2D eigenvalue weighted by atomic mass is 9.98. The number of aromatic nitrogens is 2. The van der Waals surface area contributed by atoms with Crippen LogP contribution >= 0.6 is 11.8 Å². The van der Waals surface area contributed by atoms with Crippen molar-refractivity contribution >= 4 is 35.1 Å². The molecule has 2 atom stereocenters. The van der Waals surface area contributed by atoms with E-state index in [9.17, 15) is 19.5 Å². The van der Waals surface area contributed by atoms with Crippen molar-refractivity contribution in [2.24, 2.45) is 0 Å². The maximum absolute atomic E-state index is 12.2. The van der Waals surface area contributed by atoms with Crippen molar-refractivity contribution in [3.63, 3.8) is 0 Å². The summed E-state index contributed by atoms with van der Waals surface area (Å²) in [4.78, 5) is 46.7. The Hall–Kier alpha value is -3.60. The number of thioether (sulfide) groups is 1. The number of hydrogen-bond acceptors (Lipinski definition) is 8. The van der Waals surface area contributed by atoms with Crippen LogP contribution in [-0.4, -0.2) is 67.9 Å². The molecule has 1 aromatic carbocycles. The first-order chi connectivity index (χ1) is 16.8. The number of amides is 3. The maximum Gasteiger partial charge on any atom is 0.407 e. The molecule has 184 valence electrons. The Labute approximate surface area is 206 Å². The van der Waals surface area contributed by atoms with Crippen LogP contribution in [0.1, 0.15) is 37.3 Å². The Balaban J connectivity index is 1.47. The highest BCUT2D eigenvalue weighted by Crippen LogP contribution is 2.33. The van der Waals surface area contributed by atoms with Crippen LogP contribution in [0.2, 0.25) is 0 Å². The van der Waals surface area contributed by atoms with E-state index in [1.807, 2.05) is 13.0 Å². The second-order valence-electron chi connectivity index (χ2n) is 8.33. The predicted molar refractivity (Wildman–Crippen MR) is 129 cm³/mol. The van der Waals surface area contributed by atoms with E-state index in [0.29, 0.717) is 59.3 Å². The van der Waals surface area contributed by atoms with Gasteiger partial charge in [-0.3, -0.25) is 14.5 Å². The number of carbonyl (C=O) groups is 3. The number of ether oxygens (including phenoxy) is 2. The number of likely N-dealkylation sites (N-methyl/N-ethyl adjacent to an activating group) is 1. The molecular formula is C24H26N4O6S. The zero-order chi connectivity index (χ0) is 25.1. The number of carbonyl (C=O) groups excluding carboxylic acids is 2. The molecule has 11 heteroatoms. The fraction of sp³-hybridized carbons (Fsp3) is 0.375. The van der Waals surface area contributed by atoms with Gasteiger partial charge in [0.1, 0.15) is 18.2 Å². The Morgan fingerprint density at radius 1 is 1.29 bits per heavy atom. The van der Waals surface area contributed by atoms with Gasteiger partial charge in [-0.15, -0.1) is 0 Å². The monoisotopic (exact) mass is 498 g/mol. The van der Waals surface area contributed by atoms with Crippen LogP contribution in [0.5, 0.6) is 17.5 Å². The second kappa shape index (κ2) is 10.3. The van der Waals surface area contributed by atoms with E-state index in [0.717, 1.165) is 16.7 Å². The number of carboxylic acid groups (broad SMARTS) is 1. The molecule has 1 aromatic heterocycles. The van der Waals surface area contributed by atoms with E-state index >= 15 is 0 Å². The first-order valence-corrected chi connectivity index (χ1v) is 12.1. The number of imide groups is 1. The number of hydrogen-bond donors (Lipinski definition) is 1. The molecule has 2 unspecified atom stereocenters. The summed E-state index contributed by atoms with van der Waals surface area (Å²) in [6.07, 6.45) is 3.83. The van der Waals surface area contributed by atoms with Crippen LogP contribution in [0.4, 0.5) is 9.59 Å². The summed E-state index contributed by atoms with van der Waals surface area (Å²) in [5, 5.41) is 9.07. The average Bonchev–Trinajstić information content (AvgIpc) is 3.08. The summed E-state index contributed by atoms with van der Waals surface area (Å²) < 4.78 is 12.1. The Morgan fingerprint density at radius 2 is 2.06 bits per heavy atom. The highest BCUT2D eigenvalue weighted by atomic mass is 32.2. The molecule has 0 radical (unpaired) electrons. The molecule has 4 rings (SSSR count). The number of likely N-dealkylation sites (tertiary alicyclic amines) is 1. The maximum atomic E-state index is 12.2. The zero-order valence-corrected chi connectivity index (χ0v) is 20.4. The molecule has 2 saturated heterocycles. The molecule has 10 nitrogen and oxygen atoms in total. The van der Waals surface area contributed by atoms with Crippen molar-refractivity contribution in [3.8, 4) is 17.5 Å². The van der Waals surface area contributed by atoms with Gasteiger partial charge in [0, 0.05) is 32.5 Å². The van der Waals surface area contributed by atoms with Gasteiger partial charge in [0.2, 0.25) is 11.8 Å². The Bertz CT molecular complexity index is 1190. The normalized spacial score (nSPS) is 21.5. The summed E-state index contributed by atoms with van der Waals surface area (Å²) in [6.45, 7) is 4.18. The number of rotatable bonds is 6. The third-order valence-electron chi connectivity index (χ3n) is 6.01. The van der Waals surface area contributed by atoms with E-state index in [4.69, 9.17) is 9.47 Å². The first kappa shape index (κ1) is 24.5. The van der Waals surface area contributed by atoms with Crippen LogP contribution in [-0.2, 0) is 4.79 Å². The molecular weight excluding hydrogens is 472 g/mol. The fourth-order valence-corrected chi connectivity index (χ4v) is 4.86. The Morgan fingerprint density at radius 3 is 2.74 bits per heavy atom. The van der Waals surface area contributed by atoms with Gasteiger partial charge in [0.15, 0.2) is 0 Å². The number of nitrogens with zero attached hydrogens (tertiary/aromatic N) is 4. The van der Waals surface area contributed by atoms with Crippen molar-refractivity contribution in [2.45, 2.75) is 45.3 Å². The van der Waals surface area contributed by atoms with Crippen molar-refractivity contribution in [1.82, 2.24) is 19.8 Å². The van der Waals surface area contributed by atoms with Gasteiger partial charge in [-0.25, -0.2) is 14.8 Å². The molecule has 0 aliphatic carbocycles. The van der Waals surface area contributed by atoms with Crippen molar-refractivity contribution < 1.29 is 29.0 Å². The zero-order valence-electron chi connectivity index (χ0n) is 19.6. The third kappa shape index (κ3) is 5.40. The summed E-state index contributed by atoms with van der Waals surface area (Å²) in [5.74, 6) is 0.893. The lowest BCUT2D eigenvalue weighted by Crippen LogP contribution is -2.48. The minimum atomic E-state index is -0.906. The summed E-state index contributed by atoms with van der Waals surface area (Å²) in [5.41, 5.74) is 1.33. The van der Waals surface area contributed by atoms with Gasteiger partial charge < -0.3 is 19.5 Å². The van der Waals surface area contributed by atoms with Gasteiger partial charge in [-0.1, -0.05) is 19.1 Å². The average molecular weight is 499 g/mol. The quantitative estimate of drug-likeness (QED) is 0.572. The molecule has 2 aliphatic heterocycles. The molecule has 2 aliphatic rings. The fourth-order valence-electron chi connectivity index (χ4n) is 4.03. The van der Waals surface area contributed by atoms with Crippen molar-refractivity contribution in [1.29, 1.82) is 0 Å². The van der Waals surface area contributed by atoms with Crippen molar-refractivity contribution in [3.05, 3.63) is 46.6 Å². The second-order valence-corrected chi connectivity index (χ2v) is 9.32. The number of piperidine rings is 1. The largest absolute Gasteiger partial charge is 0.474 e. The molecule has 1 N–H and O–H groups in total. The summed E-state index contributed by atoms with van der Waals surface area (Å²) in [7, 11) is 1.45. The van der Waals surface area contributed by atoms with Crippen LogP contribution < -0.4 is 9.47 Å². The van der Waals surface area contributed by atoms with E-state index in [1.165, 1.54) is 18.3 Å². The highest BCUT2D eigenvalue weighted by Gasteiger charge is 2.33. The van der Waals surface area contributed by atoms with Crippen LogP contribution in [0, 0.1) is 6.92 Å². The predicted octanol–water partition coefficient (Wildman–Crippen LogP) is 4.54. The van der Waals surface area contributed by atoms with E-state index in [1.54, 1.807) is 31.2 Å². The van der Waals surface area contributed by atoms with Crippen molar-refractivity contribution in [2.75, 3.05) is 13.6 Å². The highest BCUT2D eigenvalue weighted by molar-refractivity contribution is 8.18. The van der Waals surface area contributed by atoms with Gasteiger partial charge in [-0.05, 0) is 48.9 Å².